The standard InChI is InChI=1S/C12H18N2O3S/c1-17-9-5-3-8(4-6-9)10-11(18(2,15)16)12(10,14)7-13/h3-6,10-11H,7,13-14H2,1-2H3/t10-,11+,12+/m1/s1. The summed E-state index contributed by atoms with van der Waals surface area (Å²) in [5, 5.41) is -0.594. The molecule has 0 amide bonds. The highest BCUT2D eigenvalue weighted by Crippen LogP contribution is 2.53. The van der Waals surface area contributed by atoms with Gasteiger partial charge in [0.05, 0.1) is 17.9 Å². The summed E-state index contributed by atoms with van der Waals surface area (Å²) in [5.41, 5.74) is 11.8. The molecule has 1 aliphatic carbocycles. The molecular weight excluding hydrogens is 252 g/mol. The van der Waals surface area contributed by atoms with Crippen LogP contribution in [0.1, 0.15) is 11.5 Å². The van der Waals surface area contributed by atoms with E-state index in [1.54, 1.807) is 19.2 Å². The monoisotopic (exact) mass is 270 g/mol. The Labute approximate surface area is 107 Å². The minimum atomic E-state index is -3.20. The van der Waals surface area contributed by atoms with Gasteiger partial charge < -0.3 is 16.2 Å². The third-order valence-electron chi connectivity index (χ3n) is 3.59. The maximum Gasteiger partial charge on any atom is 0.152 e. The third kappa shape index (κ3) is 2.00. The Bertz CT molecular complexity index is 541. The summed E-state index contributed by atoms with van der Waals surface area (Å²) in [7, 11) is -1.62. The van der Waals surface area contributed by atoms with Crippen LogP contribution in [0.3, 0.4) is 0 Å². The first-order chi connectivity index (χ1) is 8.34. The van der Waals surface area contributed by atoms with Crippen LogP contribution in [-0.2, 0) is 9.84 Å². The molecule has 1 aromatic rings. The first kappa shape index (κ1) is 13.3. The topological polar surface area (TPSA) is 95.4 Å². The Morgan fingerprint density at radius 2 is 1.89 bits per heavy atom. The van der Waals surface area contributed by atoms with Crippen molar-refractivity contribution < 1.29 is 13.2 Å². The average molecular weight is 270 g/mol. The van der Waals surface area contributed by atoms with Crippen molar-refractivity contribution in [2.45, 2.75) is 16.7 Å². The second kappa shape index (κ2) is 4.22. The van der Waals surface area contributed by atoms with E-state index in [-0.39, 0.29) is 12.5 Å². The van der Waals surface area contributed by atoms with E-state index in [1.807, 2.05) is 12.1 Å². The van der Waals surface area contributed by atoms with Gasteiger partial charge in [-0.15, -0.1) is 0 Å². The highest BCUT2D eigenvalue weighted by Gasteiger charge is 2.67. The van der Waals surface area contributed by atoms with E-state index in [4.69, 9.17) is 16.2 Å². The predicted molar refractivity (Wildman–Crippen MR) is 70.3 cm³/mol. The molecule has 2 rings (SSSR count). The smallest absolute Gasteiger partial charge is 0.152 e. The number of hydrogen-bond acceptors (Lipinski definition) is 5. The molecule has 3 atom stereocenters. The van der Waals surface area contributed by atoms with Crippen LogP contribution in [0.15, 0.2) is 24.3 Å². The Hall–Kier alpha value is -1.11. The normalized spacial score (nSPS) is 31.1. The number of benzene rings is 1. The molecule has 1 aromatic carbocycles. The van der Waals surface area contributed by atoms with Gasteiger partial charge in [-0.05, 0) is 17.7 Å². The van der Waals surface area contributed by atoms with Crippen LogP contribution >= 0.6 is 0 Å². The molecule has 0 aliphatic heterocycles. The van der Waals surface area contributed by atoms with Gasteiger partial charge in [0.2, 0.25) is 0 Å². The van der Waals surface area contributed by atoms with Crippen molar-refractivity contribution in [3.05, 3.63) is 29.8 Å². The molecule has 0 radical (unpaired) electrons. The number of nitrogens with two attached hydrogens (primary N) is 2. The maximum absolute atomic E-state index is 11.7. The van der Waals surface area contributed by atoms with Crippen LogP contribution in [0.25, 0.3) is 0 Å². The summed E-state index contributed by atoms with van der Waals surface area (Å²) in [6, 6.07) is 7.27. The first-order valence-corrected chi connectivity index (χ1v) is 7.62. The predicted octanol–water partition coefficient (Wildman–Crippen LogP) is -0.138. The van der Waals surface area contributed by atoms with Crippen molar-refractivity contribution in [1.29, 1.82) is 0 Å². The van der Waals surface area contributed by atoms with Gasteiger partial charge in [-0.2, -0.15) is 0 Å². The summed E-state index contributed by atoms with van der Waals surface area (Å²) in [6.07, 6.45) is 1.21. The number of rotatable bonds is 4. The SMILES string of the molecule is COc1ccc([C@@H]2[C@H](S(C)(=O)=O)[C@]2(N)CN)cc1. The van der Waals surface area contributed by atoms with E-state index in [0.29, 0.717) is 0 Å². The minimum Gasteiger partial charge on any atom is -0.497 e. The van der Waals surface area contributed by atoms with Gasteiger partial charge >= 0.3 is 0 Å². The van der Waals surface area contributed by atoms with Gasteiger partial charge in [0, 0.05) is 18.7 Å². The first-order valence-electron chi connectivity index (χ1n) is 5.66. The van der Waals surface area contributed by atoms with Crippen molar-refractivity contribution in [3.8, 4) is 5.75 Å². The molecule has 0 heterocycles. The number of ether oxygens (including phenoxy) is 1. The zero-order valence-electron chi connectivity index (χ0n) is 10.5. The van der Waals surface area contributed by atoms with Gasteiger partial charge in [-0.3, -0.25) is 0 Å². The van der Waals surface area contributed by atoms with Crippen LogP contribution in [-0.4, -0.2) is 39.1 Å². The Balaban J connectivity index is 2.33. The van der Waals surface area contributed by atoms with E-state index in [1.165, 1.54) is 6.26 Å². The van der Waals surface area contributed by atoms with Gasteiger partial charge in [-0.1, -0.05) is 12.1 Å². The van der Waals surface area contributed by atoms with Gasteiger partial charge in [0.15, 0.2) is 9.84 Å². The van der Waals surface area contributed by atoms with E-state index in [9.17, 15) is 8.42 Å². The molecule has 0 saturated heterocycles. The lowest BCUT2D eigenvalue weighted by Gasteiger charge is -2.08. The summed E-state index contributed by atoms with van der Waals surface area (Å²) < 4.78 is 28.5. The molecular formula is C12H18N2O3S. The van der Waals surface area contributed by atoms with Gasteiger partial charge in [-0.25, -0.2) is 8.42 Å². The summed E-state index contributed by atoms with van der Waals surface area (Å²) in [6.45, 7) is 0.154. The van der Waals surface area contributed by atoms with E-state index in [2.05, 4.69) is 0 Å². The molecule has 18 heavy (non-hydrogen) atoms. The van der Waals surface area contributed by atoms with Crippen LogP contribution in [0.2, 0.25) is 0 Å². The molecule has 1 saturated carbocycles. The second-order valence-electron chi connectivity index (χ2n) is 4.82. The largest absolute Gasteiger partial charge is 0.497 e. The maximum atomic E-state index is 11.7. The molecule has 4 N–H and O–H groups in total. The van der Waals surface area contributed by atoms with E-state index < -0.39 is 20.6 Å². The number of methoxy groups -OCH3 is 1. The lowest BCUT2D eigenvalue weighted by atomic mass is 10.1. The van der Waals surface area contributed by atoms with Crippen molar-refractivity contribution >= 4 is 9.84 Å². The van der Waals surface area contributed by atoms with E-state index >= 15 is 0 Å². The Morgan fingerprint density at radius 3 is 2.22 bits per heavy atom. The fourth-order valence-electron chi connectivity index (χ4n) is 2.61. The highest BCUT2D eigenvalue weighted by atomic mass is 32.2. The quantitative estimate of drug-likeness (QED) is 0.794. The van der Waals surface area contributed by atoms with Crippen LogP contribution in [0.5, 0.6) is 5.75 Å². The van der Waals surface area contributed by atoms with Gasteiger partial charge in [0.1, 0.15) is 5.75 Å². The van der Waals surface area contributed by atoms with Crippen molar-refractivity contribution in [3.63, 3.8) is 0 Å². The fourth-order valence-corrected chi connectivity index (χ4v) is 4.47. The minimum absolute atomic E-state index is 0.154. The van der Waals surface area contributed by atoms with Crippen molar-refractivity contribution in [1.82, 2.24) is 0 Å². The zero-order chi connectivity index (χ0) is 13.6. The molecule has 0 spiro atoms. The van der Waals surface area contributed by atoms with Crippen LogP contribution < -0.4 is 16.2 Å². The van der Waals surface area contributed by atoms with E-state index in [0.717, 1.165) is 11.3 Å². The average Bonchev–Trinajstić information content (AvgIpc) is 2.97. The fraction of sp³-hybridized carbons (Fsp3) is 0.500. The molecule has 0 aromatic heterocycles. The van der Waals surface area contributed by atoms with Crippen molar-refractivity contribution in [2.75, 3.05) is 19.9 Å². The van der Waals surface area contributed by atoms with Crippen LogP contribution in [0.4, 0.5) is 0 Å². The molecule has 1 fully saturated rings. The number of hydrogen-bond donors (Lipinski definition) is 2. The molecule has 0 unspecified atom stereocenters. The summed E-state index contributed by atoms with van der Waals surface area (Å²) in [4.78, 5) is 0. The zero-order valence-corrected chi connectivity index (χ0v) is 11.3. The highest BCUT2D eigenvalue weighted by molar-refractivity contribution is 7.91. The van der Waals surface area contributed by atoms with Crippen molar-refractivity contribution in [2.24, 2.45) is 11.5 Å². The Morgan fingerprint density at radius 1 is 1.33 bits per heavy atom. The van der Waals surface area contributed by atoms with Crippen LogP contribution in [0, 0.1) is 0 Å². The lowest BCUT2D eigenvalue weighted by Crippen LogP contribution is -2.38. The Kier molecular flexibility index (Phi) is 3.12. The molecule has 100 valence electrons. The molecule has 5 nitrogen and oxygen atoms in total. The molecule has 1 aliphatic rings. The lowest BCUT2D eigenvalue weighted by molar-refractivity contribution is 0.414. The summed E-state index contributed by atoms with van der Waals surface area (Å²) >= 11 is 0. The molecule has 0 bridgehead atoms. The second-order valence-corrected chi connectivity index (χ2v) is 6.98. The molecule has 6 heteroatoms. The number of sulfone groups is 1. The third-order valence-corrected chi connectivity index (χ3v) is 5.23. The van der Waals surface area contributed by atoms with Gasteiger partial charge in [0.25, 0.3) is 0 Å². The summed E-state index contributed by atoms with van der Waals surface area (Å²) in [5.74, 6) is 0.495.